The van der Waals surface area contributed by atoms with Crippen LogP contribution in [0.2, 0.25) is 0 Å². The molecule has 2 rings (SSSR count). The smallest absolute Gasteiger partial charge is 0.338 e. The molecule has 6 nitrogen and oxygen atoms in total. The summed E-state index contributed by atoms with van der Waals surface area (Å²) in [4.78, 5) is 11.7. The van der Waals surface area contributed by atoms with Gasteiger partial charge in [0.25, 0.3) is 0 Å². The van der Waals surface area contributed by atoms with Crippen LogP contribution in [0.1, 0.15) is 29.9 Å². The van der Waals surface area contributed by atoms with Gasteiger partial charge in [0.1, 0.15) is 0 Å². The molecule has 0 radical (unpaired) electrons. The average Bonchev–Trinajstić information content (AvgIpc) is 2.81. The predicted octanol–water partition coefficient (Wildman–Crippen LogP) is 2.49. The molecule has 0 atom stereocenters. The van der Waals surface area contributed by atoms with Gasteiger partial charge in [-0.05, 0) is 31.5 Å². The summed E-state index contributed by atoms with van der Waals surface area (Å²) < 4.78 is 6.71. The molecule has 0 unspecified atom stereocenters. The SMILES string of the molecule is CCOC(=O)c1ccc(Nc2cn(C)nc2CC)c(N)c1. The molecule has 0 aliphatic rings. The lowest BCUT2D eigenvalue weighted by molar-refractivity contribution is 0.0526. The maximum absolute atomic E-state index is 11.7. The van der Waals surface area contributed by atoms with Gasteiger partial charge in [0.05, 0.1) is 34.9 Å². The number of esters is 1. The van der Waals surface area contributed by atoms with E-state index in [0.29, 0.717) is 17.9 Å². The molecule has 0 fully saturated rings. The summed E-state index contributed by atoms with van der Waals surface area (Å²) in [6.45, 7) is 4.15. The van der Waals surface area contributed by atoms with E-state index in [1.54, 1.807) is 29.8 Å². The molecule has 1 aromatic carbocycles. The maximum atomic E-state index is 11.7. The number of nitrogen functional groups attached to an aromatic ring is 1. The third kappa shape index (κ3) is 3.34. The van der Waals surface area contributed by atoms with E-state index in [1.165, 1.54) is 0 Å². The summed E-state index contributed by atoms with van der Waals surface area (Å²) in [6.07, 6.45) is 2.72. The Kier molecular flexibility index (Phi) is 4.47. The van der Waals surface area contributed by atoms with Crippen molar-refractivity contribution in [1.29, 1.82) is 0 Å². The molecule has 1 heterocycles. The Labute approximate surface area is 123 Å². The van der Waals surface area contributed by atoms with Crippen molar-refractivity contribution in [1.82, 2.24) is 9.78 Å². The van der Waals surface area contributed by atoms with Gasteiger partial charge < -0.3 is 15.8 Å². The van der Waals surface area contributed by atoms with E-state index in [2.05, 4.69) is 10.4 Å². The van der Waals surface area contributed by atoms with Gasteiger partial charge in [-0.1, -0.05) is 6.92 Å². The Morgan fingerprint density at radius 2 is 2.14 bits per heavy atom. The first-order valence-corrected chi connectivity index (χ1v) is 6.91. The summed E-state index contributed by atoms with van der Waals surface area (Å²) in [5, 5.41) is 7.61. The lowest BCUT2D eigenvalue weighted by atomic mass is 10.1. The van der Waals surface area contributed by atoms with Crippen LogP contribution in [-0.2, 0) is 18.2 Å². The summed E-state index contributed by atoms with van der Waals surface area (Å²) in [5.41, 5.74) is 9.56. The van der Waals surface area contributed by atoms with Gasteiger partial charge in [-0.15, -0.1) is 0 Å². The van der Waals surface area contributed by atoms with Crippen molar-refractivity contribution in [2.24, 2.45) is 7.05 Å². The third-order valence-electron chi connectivity index (χ3n) is 3.07. The largest absolute Gasteiger partial charge is 0.462 e. The van der Waals surface area contributed by atoms with E-state index in [1.807, 2.05) is 20.2 Å². The van der Waals surface area contributed by atoms with E-state index in [-0.39, 0.29) is 5.97 Å². The van der Waals surface area contributed by atoms with E-state index in [4.69, 9.17) is 10.5 Å². The molecular formula is C15H20N4O2. The van der Waals surface area contributed by atoms with Gasteiger partial charge in [0.15, 0.2) is 0 Å². The van der Waals surface area contributed by atoms with Gasteiger partial charge in [-0.3, -0.25) is 4.68 Å². The van der Waals surface area contributed by atoms with Gasteiger partial charge in [-0.25, -0.2) is 4.79 Å². The molecule has 1 aromatic heterocycles. The van der Waals surface area contributed by atoms with Crippen LogP contribution in [-0.4, -0.2) is 22.4 Å². The molecule has 2 aromatic rings. The highest BCUT2D eigenvalue weighted by molar-refractivity contribution is 5.92. The Bertz CT molecular complexity index is 649. The topological polar surface area (TPSA) is 82.2 Å². The van der Waals surface area contributed by atoms with Gasteiger partial charge >= 0.3 is 5.97 Å². The molecular weight excluding hydrogens is 268 g/mol. The predicted molar refractivity (Wildman–Crippen MR) is 82.7 cm³/mol. The molecule has 0 aliphatic heterocycles. The van der Waals surface area contributed by atoms with Gasteiger partial charge in [0, 0.05) is 13.2 Å². The van der Waals surface area contributed by atoms with Crippen molar-refractivity contribution < 1.29 is 9.53 Å². The number of aromatic nitrogens is 2. The number of carbonyl (C=O) groups excluding carboxylic acids is 1. The molecule has 0 spiro atoms. The molecule has 0 bridgehead atoms. The fourth-order valence-electron chi connectivity index (χ4n) is 2.06. The highest BCUT2D eigenvalue weighted by Crippen LogP contribution is 2.26. The molecule has 0 saturated heterocycles. The number of anilines is 3. The Hall–Kier alpha value is -2.50. The quantitative estimate of drug-likeness (QED) is 0.652. The van der Waals surface area contributed by atoms with Crippen LogP contribution in [0.3, 0.4) is 0 Å². The molecule has 0 saturated carbocycles. The normalized spacial score (nSPS) is 10.4. The van der Waals surface area contributed by atoms with Crippen LogP contribution in [0.25, 0.3) is 0 Å². The first-order chi connectivity index (χ1) is 10.0. The fourth-order valence-corrected chi connectivity index (χ4v) is 2.06. The second-order valence-electron chi connectivity index (χ2n) is 4.66. The molecule has 3 N–H and O–H groups in total. The Balaban J connectivity index is 2.23. The number of ether oxygens (including phenoxy) is 1. The number of nitrogens with one attached hydrogen (secondary N) is 1. The number of nitrogens with two attached hydrogens (primary N) is 1. The summed E-state index contributed by atoms with van der Waals surface area (Å²) in [6, 6.07) is 5.08. The maximum Gasteiger partial charge on any atom is 0.338 e. The van der Waals surface area contributed by atoms with Gasteiger partial charge in [0.2, 0.25) is 0 Å². The zero-order chi connectivity index (χ0) is 15.4. The van der Waals surface area contributed by atoms with Crippen LogP contribution in [0.15, 0.2) is 24.4 Å². The fraction of sp³-hybridized carbons (Fsp3) is 0.333. The zero-order valence-corrected chi connectivity index (χ0v) is 12.5. The van der Waals surface area contributed by atoms with Crippen molar-refractivity contribution in [3.63, 3.8) is 0 Å². The lowest BCUT2D eigenvalue weighted by Gasteiger charge is -2.10. The third-order valence-corrected chi connectivity index (χ3v) is 3.07. The number of benzene rings is 1. The van der Waals surface area contributed by atoms with Crippen LogP contribution in [0, 0.1) is 0 Å². The van der Waals surface area contributed by atoms with Crippen LogP contribution < -0.4 is 11.1 Å². The monoisotopic (exact) mass is 288 g/mol. The van der Waals surface area contributed by atoms with Crippen molar-refractivity contribution in [2.45, 2.75) is 20.3 Å². The minimum absolute atomic E-state index is 0.342. The minimum Gasteiger partial charge on any atom is -0.462 e. The lowest BCUT2D eigenvalue weighted by Crippen LogP contribution is -2.06. The number of nitrogens with zero attached hydrogens (tertiary/aromatic N) is 2. The Morgan fingerprint density at radius 1 is 1.38 bits per heavy atom. The van der Waals surface area contributed by atoms with Crippen LogP contribution >= 0.6 is 0 Å². The van der Waals surface area contributed by atoms with Crippen molar-refractivity contribution in [3.05, 3.63) is 35.7 Å². The number of hydrogen-bond acceptors (Lipinski definition) is 5. The molecule has 0 amide bonds. The van der Waals surface area contributed by atoms with E-state index in [0.717, 1.165) is 23.5 Å². The van der Waals surface area contributed by atoms with Crippen molar-refractivity contribution >= 4 is 23.0 Å². The number of hydrogen-bond donors (Lipinski definition) is 2. The minimum atomic E-state index is -0.369. The number of rotatable bonds is 5. The second kappa shape index (κ2) is 6.30. The van der Waals surface area contributed by atoms with Crippen molar-refractivity contribution in [2.75, 3.05) is 17.7 Å². The first kappa shape index (κ1) is 14.9. The molecule has 6 heteroatoms. The molecule has 0 aliphatic carbocycles. The highest BCUT2D eigenvalue weighted by Gasteiger charge is 2.11. The van der Waals surface area contributed by atoms with Crippen LogP contribution in [0.4, 0.5) is 17.1 Å². The first-order valence-electron chi connectivity index (χ1n) is 6.91. The highest BCUT2D eigenvalue weighted by atomic mass is 16.5. The van der Waals surface area contributed by atoms with E-state index < -0.39 is 0 Å². The summed E-state index contributed by atoms with van der Waals surface area (Å²) in [7, 11) is 1.87. The van der Waals surface area contributed by atoms with E-state index in [9.17, 15) is 4.79 Å². The van der Waals surface area contributed by atoms with Gasteiger partial charge in [-0.2, -0.15) is 5.10 Å². The number of aryl methyl sites for hydroxylation is 2. The summed E-state index contributed by atoms with van der Waals surface area (Å²) >= 11 is 0. The zero-order valence-electron chi connectivity index (χ0n) is 12.5. The standard InChI is InChI=1S/C15H20N4O2/c1-4-12-14(9-19(3)18-12)17-13-7-6-10(8-11(13)16)15(20)21-5-2/h6-9,17H,4-5,16H2,1-3H3. The van der Waals surface area contributed by atoms with Crippen molar-refractivity contribution in [3.8, 4) is 0 Å². The van der Waals surface area contributed by atoms with E-state index >= 15 is 0 Å². The average molecular weight is 288 g/mol. The Morgan fingerprint density at radius 3 is 2.76 bits per heavy atom. The number of carbonyl (C=O) groups is 1. The molecule has 21 heavy (non-hydrogen) atoms. The second-order valence-corrected chi connectivity index (χ2v) is 4.66. The van der Waals surface area contributed by atoms with Crippen LogP contribution in [0.5, 0.6) is 0 Å². The summed E-state index contributed by atoms with van der Waals surface area (Å²) in [5.74, 6) is -0.369. The molecule has 112 valence electrons.